The third kappa shape index (κ3) is 3.94. The number of hydrogen-bond acceptors (Lipinski definition) is 3. The van der Waals surface area contributed by atoms with Gasteiger partial charge in [-0.2, -0.15) is 16.9 Å². The molecular formula is C12H21N5S. The van der Waals surface area contributed by atoms with E-state index in [2.05, 4.69) is 32.5 Å². The number of nitrogens with one attached hydrogen (secondary N) is 2. The van der Waals surface area contributed by atoms with Gasteiger partial charge < -0.3 is 10.6 Å². The van der Waals surface area contributed by atoms with Crippen LogP contribution in [0, 0.1) is 0 Å². The minimum absolute atomic E-state index is 0.738. The van der Waals surface area contributed by atoms with Crippen molar-refractivity contribution in [1.29, 1.82) is 0 Å². The second-order valence-corrected chi connectivity index (χ2v) is 5.87. The Morgan fingerprint density at radius 1 is 1.61 bits per heavy atom. The van der Waals surface area contributed by atoms with Crippen LogP contribution in [-0.2, 0) is 13.6 Å². The van der Waals surface area contributed by atoms with E-state index in [0.717, 1.165) is 29.9 Å². The highest BCUT2D eigenvalue weighted by atomic mass is 32.2. The average molecular weight is 267 g/mol. The summed E-state index contributed by atoms with van der Waals surface area (Å²) in [5, 5.41) is 11.6. The second-order valence-electron chi connectivity index (χ2n) is 4.46. The molecule has 0 saturated carbocycles. The molecule has 0 bridgehead atoms. The SMILES string of the molecule is CN=C(NCc1cnn(C)c1)NCC1CCCS1. The Kier molecular flexibility index (Phi) is 4.92. The number of aromatic nitrogens is 2. The summed E-state index contributed by atoms with van der Waals surface area (Å²) in [5.41, 5.74) is 1.16. The molecule has 2 N–H and O–H groups in total. The molecule has 1 unspecified atom stereocenters. The van der Waals surface area contributed by atoms with Crippen LogP contribution < -0.4 is 10.6 Å². The standard InChI is InChI=1S/C12H21N5S/c1-13-12(15-8-11-4-3-5-18-11)14-6-10-7-16-17(2)9-10/h7,9,11H,3-6,8H2,1-2H3,(H2,13,14,15). The van der Waals surface area contributed by atoms with Crippen LogP contribution in [-0.4, -0.2) is 40.3 Å². The number of rotatable bonds is 4. The third-order valence-electron chi connectivity index (χ3n) is 2.96. The van der Waals surface area contributed by atoms with E-state index in [0.29, 0.717) is 0 Å². The van der Waals surface area contributed by atoms with Gasteiger partial charge in [-0.15, -0.1) is 0 Å². The van der Waals surface area contributed by atoms with E-state index in [1.807, 2.05) is 24.1 Å². The molecule has 1 fully saturated rings. The van der Waals surface area contributed by atoms with Crippen molar-refractivity contribution in [2.45, 2.75) is 24.6 Å². The molecule has 6 heteroatoms. The summed E-state index contributed by atoms with van der Waals surface area (Å²) in [6, 6.07) is 0. The molecule has 1 saturated heterocycles. The molecule has 1 aliphatic rings. The first-order chi connectivity index (χ1) is 8.78. The first-order valence-corrected chi connectivity index (χ1v) is 7.36. The van der Waals surface area contributed by atoms with Gasteiger partial charge in [0.1, 0.15) is 0 Å². The molecule has 0 aromatic carbocycles. The van der Waals surface area contributed by atoms with Crippen molar-refractivity contribution in [1.82, 2.24) is 20.4 Å². The molecule has 5 nitrogen and oxygen atoms in total. The van der Waals surface area contributed by atoms with E-state index in [1.54, 1.807) is 7.05 Å². The normalized spacial score (nSPS) is 20.1. The third-order valence-corrected chi connectivity index (χ3v) is 4.36. The van der Waals surface area contributed by atoms with Gasteiger partial charge in [-0.05, 0) is 18.6 Å². The van der Waals surface area contributed by atoms with Crippen LogP contribution in [0.25, 0.3) is 0 Å². The van der Waals surface area contributed by atoms with E-state index >= 15 is 0 Å². The van der Waals surface area contributed by atoms with Crippen LogP contribution >= 0.6 is 11.8 Å². The smallest absolute Gasteiger partial charge is 0.191 e. The highest BCUT2D eigenvalue weighted by molar-refractivity contribution is 8.00. The minimum Gasteiger partial charge on any atom is -0.355 e. The molecule has 100 valence electrons. The van der Waals surface area contributed by atoms with Gasteiger partial charge in [0.15, 0.2) is 5.96 Å². The molecule has 0 aliphatic carbocycles. The topological polar surface area (TPSA) is 54.2 Å². The van der Waals surface area contributed by atoms with Gasteiger partial charge in [0.2, 0.25) is 0 Å². The maximum atomic E-state index is 4.23. The Hall–Kier alpha value is -1.17. The van der Waals surface area contributed by atoms with Gasteiger partial charge in [-0.3, -0.25) is 9.67 Å². The highest BCUT2D eigenvalue weighted by Crippen LogP contribution is 2.25. The lowest BCUT2D eigenvalue weighted by Crippen LogP contribution is -2.39. The van der Waals surface area contributed by atoms with Crippen molar-refractivity contribution in [3.63, 3.8) is 0 Å². The van der Waals surface area contributed by atoms with Gasteiger partial charge in [-0.25, -0.2) is 0 Å². The van der Waals surface area contributed by atoms with Gasteiger partial charge in [0.25, 0.3) is 0 Å². The number of nitrogens with zero attached hydrogens (tertiary/aromatic N) is 3. The summed E-state index contributed by atoms with van der Waals surface area (Å²) in [6.45, 7) is 1.75. The predicted molar refractivity (Wildman–Crippen MR) is 76.9 cm³/mol. The van der Waals surface area contributed by atoms with Crippen molar-refractivity contribution < 1.29 is 0 Å². The van der Waals surface area contributed by atoms with E-state index in [9.17, 15) is 0 Å². The largest absolute Gasteiger partial charge is 0.355 e. The van der Waals surface area contributed by atoms with E-state index in [4.69, 9.17) is 0 Å². The predicted octanol–water partition coefficient (Wildman–Crippen LogP) is 0.981. The van der Waals surface area contributed by atoms with Crippen LogP contribution in [0.4, 0.5) is 0 Å². The Bertz CT molecular complexity index is 395. The quantitative estimate of drug-likeness (QED) is 0.631. The van der Waals surface area contributed by atoms with E-state index < -0.39 is 0 Å². The summed E-state index contributed by atoms with van der Waals surface area (Å²) >= 11 is 2.05. The molecule has 1 aliphatic heterocycles. The van der Waals surface area contributed by atoms with Crippen molar-refractivity contribution in [3.05, 3.63) is 18.0 Å². The van der Waals surface area contributed by atoms with Crippen molar-refractivity contribution in [2.24, 2.45) is 12.0 Å². The Labute approximate surface area is 112 Å². The Balaban J connectivity index is 1.72. The van der Waals surface area contributed by atoms with Gasteiger partial charge in [-0.1, -0.05) is 0 Å². The lowest BCUT2D eigenvalue weighted by molar-refractivity contribution is 0.725. The number of hydrogen-bond donors (Lipinski definition) is 2. The number of thioether (sulfide) groups is 1. The van der Waals surface area contributed by atoms with Gasteiger partial charge in [0, 0.05) is 44.2 Å². The highest BCUT2D eigenvalue weighted by Gasteiger charge is 2.15. The molecule has 0 amide bonds. The van der Waals surface area contributed by atoms with E-state index in [1.165, 1.54) is 18.6 Å². The molecule has 2 heterocycles. The average Bonchev–Trinajstić information content (AvgIpc) is 3.01. The molecule has 18 heavy (non-hydrogen) atoms. The molecular weight excluding hydrogens is 246 g/mol. The maximum absolute atomic E-state index is 4.23. The first-order valence-electron chi connectivity index (χ1n) is 6.31. The molecule has 2 rings (SSSR count). The fraction of sp³-hybridized carbons (Fsp3) is 0.667. The minimum atomic E-state index is 0.738. The lowest BCUT2D eigenvalue weighted by Gasteiger charge is -2.14. The zero-order valence-electron chi connectivity index (χ0n) is 11.0. The lowest BCUT2D eigenvalue weighted by atomic mass is 10.2. The van der Waals surface area contributed by atoms with Gasteiger partial charge >= 0.3 is 0 Å². The fourth-order valence-electron chi connectivity index (χ4n) is 1.99. The zero-order chi connectivity index (χ0) is 12.8. The Morgan fingerprint density at radius 2 is 2.50 bits per heavy atom. The maximum Gasteiger partial charge on any atom is 0.191 e. The van der Waals surface area contributed by atoms with Gasteiger partial charge in [0.05, 0.1) is 6.20 Å². The first kappa shape index (κ1) is 13.3. The van der Waals surface area contributed by atoms with Crippen LogP contribution in [0.1, 0.15) is 18.4 Å². The number of guanidine groups is 1. The van der Waals surface area contributed by atoms with Crippen molar-refractivity contribution >= 4 is 17.7 Å². The van der Waals surface area contributed by atoms with Crippen LogP contribution in [0.3, 0.4) is 0 Å². The molecule has 1 atom stereocenters. The van der Waals surface area contributed by atoms with Crippen LogP contribution in [0.5, 0.6) is 0 Å². The van der Waals surface area contributed by atoms with E-state index in [-0.39, 0.29) is 0 Å². The molecule has 0 spiro atoms. The summed E-state index contributed by atoms with van der Waals surface area (Å²) in [4.78, 5) is 4.23. The fourth-order valence-corrected chi connectivity index (χ4v) is 3.19. The summed E-state index contributed by atoms with van der Waals surface area (Å²) in [7, 11) is 3.73. The summed E-state index contributed by atoms with van der Waals surface area (Å²) in [5.74, 6) is 2.17. The molecule has 1 aromatic heterocycles. The number of aryl methyl sites for hydroxylation is 1. The van der Waals surface area contributed by atoms with Crippen molar-refractivity contribution in [2.75, 3.05) is 19.3 Å². The van der Waals surface area contributed by atoms with Crippen LogP contribution in [0.2, 0.25) is 0 Å². The number of aliphatic imine (C=N–C) groups is 1. The Morgan fingerprint density at radius 3 is 3.11 bits per heavy atom. The van der Waals surface area contributed by atoms with Crippen LogP contribution in [0.15, 0.2) is 17.4 Å². The monoisotopic (exact) mass is 267 g/mol. The molecule has 1 aromatic rings. The zero-order valence-corrected chi connectivity index (χ0v) is 11.8. The summed E-state index contributed by atoms with van der Waals surface area (Å²) in [6.07, 6.45) is 6.54. The summed E-state index contributed by atoms with van der Waals surface area (Å²) < 4.78 is 1.81. The van der Waals surface area contributed by atoms with Crippen molar-refractivity contribution in [3.8, 4) is 0 Å². The second kappa shape index (κ2) is 6.68. The molecule has 0 radical (unpaired) electrons.